The molecule has 0 aliphatic heterocycles. The zero-order valence-electron chi connectivity index (χ0n) is 15.7. The Morgan fingerprint density at radius 3 is 2.48 bits per heavy atom. The fourth-order valence-corrected chi connectivity index (χ4v) is 3.39. The highest BCUT2D eigenvalue weighted by Crippen LogP contribution is 2.29. The second-order valence-electron chi connectivity index (χ2n) is 6.86. The van der Waals surface area contributed by atoms with Crippen molar-refractivity contribution in [2.24, 2.45) is 11.7 Å². The monoisotopic (exact) mass is 405 g/mol. The van der Waals surface area contributed by atoms with Crippen LogP contribution in [0.4, 0.5) is 20.5 Å². The average molecular weight is 405 g/mol. The normalized spacial score (nSPS) is 18.9. The predicted molar refractivity (Wildman–Crippen MR) is 101 cm³/mol. The van der Waals surface area contributed by atoms with Crippen molar-refractivity contribution in [2.75, 3.05) is 18.2 Å². The molecule has 1 heterocycles. The van der Waals surface area contributed by atoms with Gasteiger partial charge in [-0.2, -0.15) is 4.98 Å². The largest absolute Gasteiger partial charge is 0.496 e. The molecular weight excluding hydrogens is 384 g/mol. The zero-order valence-corrected chi connectivity index (χ0v) is 15.7. The topological polar surface area (TPSA) is 133 Å². The van der Waals surface area contributed by atoms with E-state index in [1.54, 1.807) is 0 Å². The Hall–Kier alpha value is -3.30. The highest BCUT2D eigenvalue weighted by Gasteiger charge is 2.27. The second kappa shape index (κ2) is 8.38. The lowest BCUT2D eigenvalue weighted by Crippen LogP contribution is -2.33. The van der Waals surface area contributed by atoms with Crippen LogP contribution in [0.3, 0.4) is 0 Å². The molecule has 3 rings (SSSR count). The van der Waals surface area contributed by atoms with Gasteiger partial charge in [0.1, 0.15) is 17.1 Å². The van der Waals surface area contributed by atoms with Gasteiger partial charge in [0.05, 0.1) is 12.7 Å². The Labute approximate surface area is 165 Å². The summed E-state index contributed by atoms with van der Waals surface area (Å²) in [6, 6.07) is 2.05. The molecule has 10 heteroatoms. The maximum Gasteiger partial charge on any atom is 0.224 e. The van der Waals surface area contributed by atoms with Crippen molar-refractivity contribution in [1.29, 1.82) is 0 Å². The van der Waals surface area contributed by atoms with Crippen LogP contribution in [0.5, 0.6) is 5.75 Å². The molecule has 0 saturated heterocycles. The minimum absolute atomic E-state index is 0.0345. The van der Waals surface area contributed by atoms with E-state index in [4.69, 9.17) is 16.2 Å². The Kier molecular flexibility index (Phi) is 5.90. The smallest absolute Gasteiger partial charge is 0.224 e. The summed E-state index contributed by atoms with van der Waals surface area (Å²) in [5, 5.41) is 3.11. The first-order chi connectivity index (χ1) is 13.8. The molecule has 8 nitrogen and oxygen atoms in total. The van der Waals surface area contributed by atoms with Crippen LogP contribution >= 0.6 is 0 Å². The number of halogens is 2. The number of methoxy groups -OCH3 is 1. The SMILES string of the molecule is COc1ccc(F)c(F)c1C(=O)c1cnc(NC2CCC(C(N)=O)CC2)nc1N. The first kappa shape index (κ1) is 20.4. The number of nitrogens with one attached hydrogen (secondary N) is 1. The number of primary amides is 1. The zero-order chi connectivity index (χ0) is 21.1. The van der Waals surface area contributed by atoms with Crippen molar-refractivity contribution < 1.29 is 23.1 Å². The maximum atomic E-state index is 14.2. The molecule has 1 saturated carbocycles. The summed E-state index contributed by atoms with van der Waals surface area (Å²) >= 11 is 0. The van der Waals surface area contributed by atoms with Crippen LogP contribution in [0.25, 0.3) is 0 Å². The number of hydrogen-bond donors (Lipinski definition) is 3. The number of hydrogen-bond acceptors (Lipinski definition) is 7. The number of aromatic nitrogens is 2. The van der Waals surface area contributed by atoms with Gasteiger partial charge in [0.2, 0.25) is 17.6 Å². The molecule has 1 fully saturated rings. The molecule has 2 aromatic rings. The third-order valence-electron chi connectivity index (χ3n) is 5.03. The number of nitrogen functional groups attached to an aromatic ring is 1. The third kappa shape index (κ3) is 4.25. The summed E-state index contributed by atoms with van der Waals surface area (Å²) in [5.74, 6) is -3.92. The summed E-state index contributed by atoms with van der Waals surface area (Å²) in [6.07, 6.45) is 3.91. The van der Waals surface area contributed by atoms with Crippen molar-refractivity contribution in [3.63, 3.8) is 0 Å². The first-order valence-electron chi connectivity index (χ1n) is 9.06. The molecule has 0 unspecified atom stereocenters. The van der Waals surface area contributed by atoms with E-state index in [-0.39, 0.29) is 40.9 Å². The molecule has 0 bridgehead atoms. The summed E-state index contributed by atoms with van der Waals surface area (Å²) in [6.45, 7) is 0. The van der Waals surface area contributed by atoms with Gasteiger partial charge in [0.25, 0.3) is 0 Å². The number of nitrogens with two attached hydrogens (primary N) is 2. The molecule has 1 aromatic heterocycles. The van der Waals surface area contributed by atoms with Gasteiger partial charge in [0.15, 0.2) is 11.6 Å². The maximum absolute atomic E-state index is 14.2. The van der Waals surface area contributed by atoms with Crippen LogP contribution in [0.15, 0.2) is 18.3 Å². The number of carbonyl (C=O) groups is 2. The number of amides is 1. The first-order valence-corrected chi connectivity index (χ1v) is 9.06. The number of nitrogens with zero attached hydrogens (tertiary/aromatic N) is 2. The molecule has 0 spiro atoms. The van der Waals surface area contributed by atoms with Gasteiger partial charge >= 0.3 is 0 Å². The van der Waals surface area contributed by atoms with Crippen LogP contribution < -0.4 is 21.5 Å². The minimum Gasteiger partial charge on any atom is -0.496 e. The Bertz CT molecular complexity index is 946. The van der Waals surface area contributed by atoms with E-state index < -0.39 is 23.0 Å². The lowest BCUT2D eigenvalue weighted by molar-refractivity contribution is -0.122. The molecule has 1 aliphatic carbocycles. The number of anilines is 2. The number of ketones is 1. The van der Waals surface area contributed by atoms with E-state index in [1.807, 2.05) is 0 Å². The van der Waals surface area contributed by atoms with E-state index in [0.29, 0.717) is 25.7 Å². The van der Waals surface area contributed by atoms with Gasteiger partial charge in [-0.3, -0.25) is 9.59 Å². The quantitative estimate of drug-likeness (QED) is 0.626. The van der Waals surface area contributed by atoms with Crippen LogP contribution in [0.1, 0.15) is 41.6 Å². The van der Waals surface area contributed by atoms with Crippen molar-refractivity contribution in [1.82, 2.24) is 9.97 Å². The molecule has 0 atom stereocenters. The van der Waals surface area contributed by atoms with Gasteiger partial charge < -0.3 is 21.5 Å². The van der Waals surface area contributed by atoms with Crippen LogP contribution in [-0.2, 0) is 4.79 Å². The lowest BCUT2D eigenvalue weighted by Gasteiger charge is -2.27. The molecular formula is C19H21F2N5O3. The molecule has 1 aromatic carbocycles. The minimum atomic E-state index is -1.33. The molecule has 154 valence electrons. The highest BCUT2D eigenvalue weighted by molar-refractivity contribution is 6.13. The van der Waals surface area contributed by atoms with Crippen LogP contribution in [0.2, 0.25) is 0 Å². The summed E-state index contributed by atoms with van der Waals surface area (Å²) in [4.78, 5) is 32.1. The molecule has 1 amide bonds. The Balaban J connectivity index is 1.78. The van der Waals surface area contributed by atoms with E-state index in [1.165, 1.54) is 7.11 Å². The molecule has 29 heavy (non-hydrogen) atoms. The van der Waals surface area contributed by atoms with Crippen molar-refractivity contribution in [3.8, 4) is 5.75 Å². The number of ether oxygens (including phenoxy) is 1. The fraction of sp³-hybridized carbons (Fsp3) is 0.368. The van der Waals surface area contributed by atoms with Crippen molar-refractivity contribution in [2.45, 2.75) is 31.7 Å². The fourth-order valence-electron chi connectivity index (χ4n) is 3.39. The summed E-state index contributed by atoms with van der Waals surface area (Å²) in [5.41, 5.74) is 10.5. The van der Waals surface area contributed by atoms with Crippen LogP contribution in [0, 0.1) is 17.6 Å². The van der Waals surface area contributed by atoms with E-state index >= 15 is 0 Å². The van der Waals surface area contributed by atoms with E-state index in [0.717, 1.165) is 18.3 Å². The third-order valence-corrected chi connectivity index (χ3v) is 5.03. The summed E-state index contributed by atoms with van der Waals surface area (Å²) in [7, 11) is 1.24. The number of carbonyl (C=O) groups excluding carboxylic acids is 2. The number of rotatable bonds is 6. The standard InChI is InChI=1S/C19H21F2N5O3/c1-29-13-7-6-12(20)15(21)14(13)16(27)11-8-24-19(26-17(11)22)25-10-4-2-9(3-5-10)18(23)28/h6-10H,2-5H2,1H3,(H2,23,28)(H3,22,24,25,26). The van der Waals surface area contributed by atoms with Gasteiger partial charge in [-0.15, -0.1) is 0 Å². The Morgan fingerprint density at radius 2 is 1.90 bits per heavy atom. The van der Waals surface area contributed by atoms with Crippen LogP contribution in [-0.4, -0.2) is 34.8 Å². The van der Waals surface area contributed by atoms with Gasteiger partial charge in [-0.25, -0.2) is 13.8 Å². The van der Waals surface area contributed by atoms with E-state index in [2.05, 4.69) is 15.3 Å². The summed E-state index contributed by atoms with van der Waals surface area (Å²) < 4.78 is 32.7. The number of benzene rings is 1. The van der Waals surface area contributed by atoms with E-state index in [9.17, 15) is 18.4 Å². The average Bonchev–Trinajstić information content (AvgIpc) is 2.70. The van der Waals surface area contributed by atoms with Gasteiger partial charge in [-0.05, 0) is 37.8 Å². The highest BCUT2D eigenvalue weighted by atomic mass is 19.2. The van der Waals surface area contributed by atoms with Gasteiger partial charge in [0, 0.05) is 18.2 Å². The van der Waals surface area contributed by atoms with Gasteiger partial charge in [-0.1, -0.05) is 0 Å². The van der Waals surface area contributed by atoms with Crippen molar-refractivity contribution in [3.05, 3.63) is 41.1 Å². The molecule has 1 aliphatic rings. The molecule has 0 radical (unpaired) electrons. The second-order valence-corrected chi connectivity index (χ2v) is 6.86. The lowest BCUT2D eigenvalue weighted by atomic mass is 9.86. The molecule has 5 N–H and O–H groups in total. The predicted octanol–water partition coefficient (Wildman–Crippen LogP) is 2.03. The Morgan fingerprint density at radius 1 is 1.21 bits per heavy atom. The van der Waals surface area contributed by atoms with Crippen molar-refractivity contribution >= 4 is 23.5 Å².